The highest BCUT2D eigenvalue weighted by Crippen LogP contribution is 2.34. The summed E-state index contributed by atoms with van der Waals surface area (Å²) in [6, 6.07) is 4.11. The second kappa shape index (κ2) is 4.27. The van der Waals surface area contributed by atoms with Crippen molar-refractivity contribution in [3.8, 4) is 0 Å². The molecule has 1 saturated heterocycles. The Hall–Kier alpha value is 0.0400. The molecule has 1 fully saturated rings. The van der Waals surface area contributed by atoms with E-state index in [0.717, 1.165) is 23.2 Å². The van der Waals surface area contributed by atoms with E-state index in [4.69, 9.17) is 23.2 Å². The molecule has 0 aromatic heterocycles. The number of halogens is 3. The van der Waals surface area contributed by atoms with Gasteiger partial charge in [0.2, 0.25) is 0 Å². The number of benzene rings is 1. The van der Waals surface area contributed by atoms with Crippen molar-refractivity contribution in [2.24, 2.45) is 0 Å². The highest BCUT2D eigenvalue weighted by molar-refractivity contribution is 9.10. The van der Waals surface area contributed by atoms with E-state index in [0.29, 0.717) is 16.1 Å². The first-order valence-corrected chi connectivity index (χ1v) is 5.83. The van der Waals surface area contributed by atoms with Crippen LogP contribution in [0.2, 0.25) is 10.0 Å². The number of rotatable bonds is 2. The predicted octanol–water partition coefficient (Wildman–Crippen LogP) is 3.14. The van der Waals surface area contributed by atoms with E-state index in [1.807, 2.05) is 12.1 Å². The molecule has 76 valence electrons. The van der Waals surface area contributed by atoms with Crippen molar-refractivity contribution in [1.29, 1.82) is 0 Å². The SMILES string of the molecule is Clc1cc(Br)cc(Cl)c1NC1CNC1. The molecule has 0 atom stereocenters. The zero-order valence-corrected chi connectivity index (χ0v) is 10.4. The van der Waals surface area contributed by atoms with Crippen LogP contribution in [0.1, 0.15) is 0 Å². The summed E-state index contributed by atoms with van der Waals surface area (Å²) in [7, 11) is 0. The summed E-state index contributed by atoms with van der Waals surface area (Å²) in [6.45, 7) is 1.92. The fourth-order valence-corrected chi connectivity index (χ4v) is 2.59. The van der Waals surface area contributed by atoms with Crippen LogP contribution in [0.25, 0.3) is 0 Å². The minimum absolute atomic E-state index is 0.436. The maximum Gasteiger partial charge on any atom is 0.0722 e. The van der Waals surface area contributed by atoms with Gasteiger partial charge in [0, 0.05) is 17.6 Å². The van der Waals surface area contributed by atoms with Gasteiger partial charge in [0.15, 0.2) is 0 Å². The van der Waals surface area contributed by atoms with Crippen LogP contribution in [0.15, 0.2) is 16.6 Å². The molecule has 0 radical (unpaired) electrons. The molecule has 0 bridgehead atoms. The van der Waals surface area contributed by atoms with Crippen LogP contribution in [0.5, 0.6) is 0 Å². The van der Waals surface area contributed by atoms with Gasteiger partial charge in [-0.25, -0.2) is 0 Å². The van der Waals surface area contributed by atoms with Crippen LogP contribution < -0.4 is 10.6 Å². The molecule has 1 heterocycles. The van der Waals surface area contributed by atoms with Crippen LogP contribution in [0.4, 0.5) is 5.69 Å². The summed E-state index contributed by atoms with van der Waals surface area (Å²) >= 11 is 15.5. The van der Waals surface area contributed by atoms with Crippen molar-refractivity contribution < 1.29 is 0 Å². The van der Waals surface area contributed by atoms with Gasteiger partial charge in [0.1, 0.15) is 0 Å². The molecule has 1 aromatic rings. The predicted molar refractivity (Wildman–Crippen MR) is 64.4 cm³/mol. The number of nitrogens with one attached hydrogen (secondary N) is 2. The lowest BCUT2D eigenvalue weighted by Gasteiger charge is -2.29. The molecule has 0 spiro atoms. The van der Waals surface area contributed by atoms with E-state index in [1.54, 1.807) is 0 Å². The summed E-state index contributed by atoms with van der Waals surface area (Å²) in [6.07, 6.45) is 0. The van der Waals surface area contributed by atoms with Crippen molar-refractivity contribution >= 4 is 44.8 Å². The van der Waals surface area contributed by atoms with Gasteiger partial charge in [0.05, 0.1) is 21.8 Å². The lowest BCUT2D eigenvalue weighted by Crippen LogP contribution is -2.51. The van der Waals surface area contributed by atoms with Gasteiger partial charge in [0.25, 0.3) is 0 Å². The van der Waals surface area contributed by atoms with E-state index >= 15 is 0 Å². The van der Waals surface area contributed by atoms with Crippen LogP contribution in [0.3, 0.4) is 0 Å². The molecular formula is C9H9BrCl2N2. The zero-order chi connectivity index (χ0) is 10.1. The Bertz CT molecular complexity index is 330. The minimum atomic E-state index is 0.436. The third-order valence-electron chi connectivity index (χ3n) is 2.14. The Labute approximate surface area is 101 Å². The first-order valence-electron chi connectivity index (χ1n) is 4.28. The van der Waals surface area contributed by atoms with E-state index in [9.17, 15) is 0 Å². The second-order valence-electron chi connectivity index (χ2n) is 3.24. The highest BCUT2D eigenvalue weighted by atomic mass is 79.9. The van der Waals surface area contributed by atoms with Gasteiger partial charge < -0.3 is 10.6 Å². The van der Waals surface area contributed by atoms with E-state index in [2.05, 4.69) is 26.6 Å². The Morgan fingerprint density at radius 2 is 1.86 bits per heavy atom. The van der Waals surface area contributed by atoms with Crippen molar-refractivity contribution in [2.75, 3.05) is 18.4 Å². The summed E-state index contributed by atoms with van der Waals surface area (Å²) in [5.74, 6) is 0. The molecule has 2 nitrogen and oxygen atoms in total. The van der Waals surface area contributed by atoms with Crippen molar-refractivity contribution in [1.82, 2.24) is 5.32 Å². The number of hydrogen-bond acceptors (Lipinski definition) is 2. The molecule has 14 heavy (non-hydrogen) atoms. The summed E-state index contributed by atoms with van der Waals surface area (Å²) < 4.78 is 0.893. The second-order valence-corrected chi connectivity index (χ2v) is 4.97. The topological polar surface area (TPSA) is 24.1 Å². The fraction of sp³-hybridized carbons (Fsp3) is 0.333. The van der Waals surface area contributed by atoms with Gasteiger partial charge in [-0.1, -0.05) is 39.1 Å². The summed E-state index contributed by atoms with van der Waals surface area (Å²) in [5.41, 5.74) is 0.822. The lowest BCUT2D eigenvalue weighted by atomic mass is 10.1. The third-order valence-corrected chi connectivity index (χ3v) is 3.19. The van der Waals surface area contributed by atoms with Crippen LogP contribution in [0, 0.1) is 0 Å². The summed E-state index contributed by atoms with van der Waals surface area (Å²) in [5, 5.41) is 7.77. The highest BCUT2D eigenvalue weighted by Gasteiger charge is 2.18. The molecule has 0 unspecified atom stereocenters. The standard InChI is InChI=1S/C9H9BrCl2N2/c10-5-1-7(11)9(8(12)2-5)14-6-3-13-4-6/h1-2,6,13-14H,3-4H2. The van der Waals surface area contributed by atoms with Gasteiger partial charge in [-0.2, -0.15) is 0 Å². The van der Waals surface area contributed by atoms with Crippen molar-refractivity contribution in [3.05, 3.63) is 26.7 Å². The quantitative estimate of drug-likeness (QED) is 0.876. The molecule has 5 heteroatoms. The average Bonchev–Trinajstić information content (AvgIpc) is 1.98. The Kier molecular flexibility index (Phi) is 3.22. The van der Waals surface area contributed by atoms with E-state index in [-0.39, 0.29) is 0 Å². The Balaban J connectivity index is 2.22. The maximum atomic E-state index is 6.06. The van der Waals surface area contributed by atoms with Crippen LogP contribution in [-0.2, 0) is 0 Å². The van der Waals surface area contributed by atoms with E-state index in [1.165, 1.54) is 0 Å². The first-order chi connectivity index (χ1) is 6.66. The van der Waals surface area contributed by atoms with Crippen LogP contribution >= 0.6 is 39.1 Å². The van der Waals surface area contributed by atoms with Gasteiger partial charge in [-0.3, -0.25) is 0 Å². The Morgan fingerprint density at radius 3 is 2.29 bits per heavy atom. The lowest BCUT2D eigenvalue weighted by molar-refractivity contribution is 0.472. The molecular weight excluding hydrogens is 287 g/mol. The van der Waals surface area contributed by atoms with Crippen LogP contribution in [-0.4, -0.2) is 19.1 Å². The summed E-state index contributed by atoms with van der Waals surface area (Å²) in [4.78, 5) is 0. The Morgan fingerprint density at radius 1 is 1.29 bits per heavy atom. The molecule has 0 saturated carbocycles. The number of hydrogen-bond donors (Lipinski definition) is 2. The molecule has 1 aliphatic rings. The van der Waals surface area contributed by atoms with E-state index < -0.39 is 0 Å². The van der Waals surface area contributed by atoms with Crippen molar-refractivity contribution in [2.45, 2.75) is 6.04 Å². The van der Waals surface area contributed by atoms with Crippen molar-refractivity contribution in [3.63, 3.8) is 0 Å². The molecule has 1 aromatic carbocycles. The monoisotopic (exact) mass is 294 g/mol. The first kappa shape index (κ1) is 10.6. The van der Waals surface area contributed by atoms with Gasteiger partial charge in [-0.15, -0.1) is 0 Å². The average molecular weight is 296 g/mol. The normalized spacial score (nSPS) is 16.5. The molecule has 0 amide bonds. The maximum absolute atomic E-state index is 6.06. The largest absolute Gasteiger partial charge is 0.377 e. The molecule has 1 aliphatic heterocycles. The number of anilines is 1. The molecule has 2 rings (SSSR count). The molecule has 2 N–H and O–H groups in total. The zero-order valence-electron chi connectivity index (χ0n) is 7.28. The molecule has 0 aliphatic carbocycles. The van der Waals surface area contributed by atoms with Gasteiger partial charge in [-0.05, 0) is 12.1 Å². The minimum Gasteiger partial charge on any atom is -0.377 e. The van der Waals surface area contributed by atoms with Gasteiger partial charge >= 0.3 is 0 Å². The smallest absolute Gasteiger partial charge is 0.0722 e. The fourth-order valence-electron chi connectivity index (χ4n) is 1.27. The third kappa shape index (κ3) is 2.16.